The van der Waals surface area contributed by atoms with Gasteiger partial charge in [-0.2, -0.15) is 0 Å². The van der Waals surface area contributed by atoms with Crippen molar-refractivity contribution < 1.29 is 0 Å². The zero-order chi connectivity index (χ0) is 14.7. The molecule has 1 N–H and O–H groups in total. The first-order valence-electron chi connectivity index (χ1n) is 8.07. The van der Waals surface area contributed by atoms with E-state index in [4.69, 9.17) is 0 Å². The van der Waals surface area contributed by atoms with Crippen molar-refractivity contribution in [2.45, 2.75) is 65.6 Å². The van der Waals surface area contributed by atoms with E-state index in [0.717, 1.165) is 12.5 Å². The SMILES string of the molecule is CCNC1CCN(C(C)Cc2ccc(C)s2)C(C)C1C. The summed E-state index contributed by atoms with van der Waals surface area (Å²) < 4.78 is 0. The molecule has 2 heterocycles. The molecule has 1 aromatic rings. The van der Waals surface area contributed by atoms with Crippen LogP contribution in [0.5, 0.6) is 0 Å². The predicted molar refractivity (Wildman–Crippen MR) is 89.6 cm³/mol. The van der Waals surface area contributed by atoms with Crippen molar-refractivity contribution in [1.29, 1.82) is 0 Å². The Morgan fingerprint density at radius 3 is 2.75 bits per heavy atom. The van der Waals surface area contributed by atoms with E-state index in [9.17, 15) is 0 Å². The molecule has 0 saturated carbocycles. The Morgan fingerprint density at radius 1 is 1.40 bits per heavy atom. The third-order valence-electron chi connectivity index (χ3n) is 4.94. The molecule has 1 fully saturated rings. The maximum absolute atomic E-state index is 3.65. The highest BCUT2D eigenvalue weighted by atomic mass is 32.1. The summed E-state index contributed by atoms with van der Waals surface area (Å²) in [5.74, 6) is 0.733. The molecule has 1 aliphatic heterocycles. The highest BCUT2D eigenvalue weighted by Crippen LogP contribution is 2.27. The highest BCUT2D eigenvalue weighted by Gasteiger charge is 2.34. The van der Waals surface area contributed by atoms with Crippen molar-refractivity contribution >= 4 is 11.3 Å². The van der Waals surface area contributed by atoms with E-state index in [1.807, 2.05) is 11.3 Å². The van der Waals surface area contributed by atoms with Crippen LogP contribution in [0.1, 0.15) is 43.9 Å². The molecule has 2 nitrogen and oxygen atoms in total. The normalized spacial score (nSPS) is 29.6. The molecule has 0 radical (unpaired) electrons. The summed E-state index contributed by atoms with van der Waals surface area (Å²) in [7, 11) is 0. The van der Waals surface area contributed by atoms with Gasteiger partial charge in [0.15, 0.2) is 0 Å². The molecule has 4 unspecified atom stereocenters. The minimum absolute atomic E-state index is 0.646. The molecule has 4 atom stereocenters. The molecule has 1 aliphatic rings. The Hall–Kier alpha value is -0.380. The highest BCUT2D eigenvalue weighted by molar-refractivity contribution is 7.11. The number of piperidine rings is 1. The minimum Gasteiger partial charge on any atom is -0.314 e. The number of likely N-dealkylation sites (tertiary alicyclic amines) is 1. The summed E-state index contributed by atoms with van der Waals surface area (Å²) in [5, 5.41) is 3.65. The van der Waals surface area contributed by atoms with Crippen molar-refractivity contribution in [2.75, 3.05) is 13.1 Å². The Bertz CT molecular complexity index is 415. The van der Waals surface area contributed by atoms with Gasteiger partial charge in [0.2, 0.25) is 0 Å². The molecule has 1 aromatic heterocycles. The van der Waals surface area contributed by atoms with Gasteiger partial charge in [-0.15, -0.1) is 11.3 Å². The number of thiophene rings is 1. The average Bonchev–Trinajstić information content (AvgIpc) is 2.80. The summed E-state index contributed by atoms with van der Waals surface area (Å²) in [6.45, 7) is 13.9. The van der Waals surface area contributed by atoms with Crippen LogP contribution in [0.3, 0.4) is 0 Å². The van der Waals surface area contributed by atoms with Crippen LogP contribution >= 0.6 is 11.3 Å². The van der Waals surface area contributed by atoms with E-state index in [1.165, 1.54) is 29.1 Å². The van der Waals surface area contributed by atoms with Crippen LogP contribution in [0.4, 0.5) is 0 Å². The Kier molecular flexibility index (Phi) is 5.65. The van der Waals surface area contributed by atoms with Gasteiger partial charge in [-0.05, 0) is 58.2 Å². The molecule has 2 rings (SSSR count). The summed E-state index contributed by atoms with van der Waals surface area (Å²) in [4.78, 5) is 5.68. The van der Waals surface area contributed by atoms with E-state index >= 15 is 0 Å². The predicted octanol–water partition coefficient (Wildman–Crippen LogP) is 3.70. The standard InChI is InChI=1S/C17H30N2S/c1-6-18-17-9-10-19(15(5)14(17)4)12(2)11-16-8-7-13(3)20-16/h7-8,12,14-15,17-18H,6,9-11H2,1-5H3. The number of hydrogen-bond acceptors (Lipinski definition) is 3. The molecular formula is C17H30N2S. The first kappa shape index (κ1) is 16.0. The van der Waals surface area contributed by atoms with Gasteiger partial charge in [-0.3, -0.25) is 4.90 Å². The lowest BCUT2D eigenvalue weighted by Gasteiger charge is -2.45. The molecule has 0 amide bonds. The quantitative estimate of drug-likeness (QED) is 0.891. The molecule has 114 valence electrons. The van der Waals surface area contributed by atoms with Gasteiger partial charge in [0.25, 0.3) is 0 Å². The monoisotopic (exact) mass is 294 g/mol. The fourth-order valence-corrected chi connectivity index (χ4v) is 4.58. The Labute approximate surface area is 128 Å². The number of hydrogen-bond donors (Lipinski definition) is 1. The maximum Gasteiger partial charge on any atom is 0.0120 e. The lowest BCUT2D eigenvalue weighted by atomic mass is 9.85. The molecule has 1 saturated heterocycles. The van der Waals surface area contributed by atoms with E-state index < -0.39 is 0 Å². The topological polar surface area (TPSA) is 15.3 Å². The van der Waals surface area contributed by atoms with Crippen LogP contribution in [0.25, 0.3) is 0 Å². The summed E-state index contributed by atoms with van der Waals surface area (Å²) in [5.41, 5.74) is 0. The number of rotatable bonds is 5. The largest absolute Gasteiger partial charge is 0.314 e. The van der Waals surface area contributed by atoms with E-state index in [1.54, 1.807) is 0 Å². The summed E-state index contributed by atoms with van der Waals surface area (Å²) in [6.07, 6.45) is 2.48. The second-order valence-electron chi connectivity index (χ2n) is 6.36. The van der Waals surface area contributed by atoms with Gasteiger partial charge in [0.1, 0.15) is 0 Å². The number of nitrogens with zero attached hydrogens (tertiary/aromatic N) is 1. The molecule has 0 aromatic carbocycles. The lowest BCUT2D eigenvalue weighted by molar-refractivity contribution is 0.0537. The maximum atomic E-state index is 3.65. The Morgan fingerprint density at radius 2 is 2.15 bits per heavy atom. The van der Waals surface area contributed by atoms with Gasteiger partial charge in [-0.25, -0.2) is 0 Å². The van der Waals surface area contributed by atoms with E-state index in [-0.39, 0.29) is 0 Å². The number of nitrogens with one attached hydrogen (secondary N) is 1. The van der Waals surface area contributed by atoms with Crippen LogP contribution in [0.2, 0.25) is 0 Å². The van der Waals surface area contributed by atoms with E-state index in [0.29, 0.717) is 18.1 Å². The number of aryl methyl sites for hydroxylation is 1. The second-order valence-corrected chi connectivity index (χ2v) is 7.73. The fourth-order valence-electron chi connectivity index (χ4n) is 3.57. The molecule has 20 heavy (non-hydrogen) atoms. The zero-order valence-corrected chi connectivity index (χ0v) is 14.5. The van der Waals surface area contributed by atoms with Gasteiger partial charge >= 0.3 is 0 Å². The van der Waals surface area contributed by atoms with Gasteiger partial charge < -0.3 is 5.32 Å². The first-order chi connectivity index (χ1) is 9.52. The van der Waals surface area contributed by atoms with Crippen molar-refractivity contribution in [3.63, 3.8) is 0 Å². The molecule has 0 aliphatic carbocycles. The zero-order valence-electron chi connectivity index (χ0n) is 13.6. The Balaban J connectivity index is 1.95. The lowest BCUT2D eigenvalue weighted by Crippen LogP contribution is -2.56. The van der Waals surface area contributed by atoms with Crippen LogP contribution in [0, 0.1) is 12.8 Å². The fraction of sp³-hybridized carbons (Fsp3) is 0.765. The minimum atomic E-state index is 0.646. The van der Waals surface area contributed by atoms with Crippen LogP contribution < -0.4 is 5.32 Å². The molecular weight excluding hydrogens is 264 g/mol. The summed E-state index contributed by atoms with van der Waals surface area (Å²) >= 11 is 1.95. The van der Waals surface area contributed by atoms with Crippen molar-refractivity contribution in [3.05, 3.63) is 21.9 Å². The molecule has 3 heteroatoms. The van der Waals surface area contributed by atoms with Gasteiger partial charge in [0, 0.05) is 34.4 Å². The van der Waals surface area contributed by atoms with Crippen molar-refractivity contribution in [3.8, 4) is 0 Å². The second kappa shape index (κ2) is 7.06. The van der Waals surface area contributed by atoms with E-state index in [2.05, 4.69) is 57.0 Å². The smallest absolute Gasteiger partial charge is 0.0120 e. The average molecular weight is 295 g/mol. The van der Waals surface area contributed by atoms with Gasteiger partial charge in [0.05, 0.1) is 0 Å². The van der Waals surface area contributed by atoms with Crippen LogP contribution in [-0.2, 0) is 6.42 Å². The first-order valence-corrected chi connectivity index (χ1v) is 8.89. The molecule has 0 bridgehead atoms. The third-order valence-corrected chi connectivity index (χ3v) is 5.97. The third kappa shape index (κ3) is 3.63. The van der Waals surface area contributed by atoms with Crippen molar-refractivity contribution in [1.82, 2.24) is 10.2 Å². The van der Waals surface area contributed by atoms with Gasteiger partial charge in [-0.1, -0.05) is 13.8 Å². The van der Waals surface area contributed by atoms with Crippen LogP contribution in [-0.4, -0.2) is 36.1 Å². The van der Waals surface area contributed by atoms with Crippen molar-refractivity contribution in [2.24, 2.45) is 5.92 Å². The van der Waals surface area contributed by atoms with Crippen LogP contribution in [0.15, 0.2) is 12.1 Å². The summed E-state index contributed by atoms with van der Waals surface area (Å²) in [6, 6.07) is 6.56. The molecule has 0 spiro atoms.